The molecule has 3 N–H and O–H groups in total. The number of benzene rings is 1. The normalized spacial score (nSPS) is 18.4. The Balaban J connectivity index is 1.72. The van der Waals surface area contributed by atoms with Crippen LogP contribution in [0.15, 0.2) is 30.3 Å². The Morgan fingerprint density at radius 2 is 2.11 bits per heavy atom. The molecule has 2 amide bonds. The maximum atomic E-state index is 11.4. The van der Waals surface area contributed by atoms with Crippen LogP contribution in [0.5, 0.6) is 0 Å². The van der Waals surface area contributed by atoms with Gasteiger partial charge in [0.15, 0.2) is 0 Å². The number of carbonyl (C=O) groups excluding carboxylic acids is 1. The lowest BCUT2D eigenvalue weighted by Crippen LogP contribution is -2.39. The molecular weight excluding hydrogens is 242 g/mol. The second-order valence-electron chi connectivity index (χ2n) is 4.80. The van der Waals surface area contributed by atoms with Crippen molar-refractivity contribution in [2.45, 2.75) is 6.42 Å². The zero-order valence-corrected chi connectivity index (χ0v) is 11.0. The Hall–Kier alpha value is -1.75. The average Bonchev–Trinajstić information content (AvgIpc) is 2.93. The van der Waals surface area contributed by atoms with E-state index in [9.17, 15) is 4.79 Å². The van der Waals surface area contributed by atoms with Crippen LogP contribution in [0.3, 0.4) is 0 Å². The van der Waals surface area contributed by atoms with Crippen LogP contribution in [-0.4, -0.2) is 43.9 Å². The van der Waals surface area contributed by atoms with Crippen molar-refractivity contribution in [2.75, 3.05) is 37.7 Å². The molecule has 1 aliphatic rings. The van der Waals surface area contributed by atoms with Gasteiger partial charge in [-0.15, -0.1) is 0 Å². The Morgan fingerprint density at radius 1 is 1.32 bits per heavy atom. The number of hydrogen-bond acceptors (Lipinski definition) is 3. The molecule has 19 heavy (non-hydrogen) atoms. The zero-order chi connectivity index (χ0) is 13.5. The molecule has 0 bridgehead atoms. The highest BCUT2D eigenvalue weighted by atomic mass is 16.3. The van der Waals surface area contributed by atoms with Gasteiger partial charge in [-0.2, -0.15) is 0 Å². The SMILES string of the molecule is O=C(NCCO)NCC1CCN(c2ccccc2)C1. The number of rotatable bonds is 5. The van der Waals surface area contributed by atoms with Crippen LogP contribution < -0.4 is 15.5 Å². The van der Waals surface area contributed by atoms with Gasteiger partial charge < -0.3 is 20.6 Å². The molecule has 1 heterocycles. The van der Waals surface area contributed by atoms with Gasteiger partial charge in [-0.05, 0) is 24.5 Å². The average molecular weight is 263 g/mol. The van der Waals surface area contributed by atoms with Gasteiger partial charge in [0.1, 0.15) is 0 Å². The van der Waals surface area contributed by atoms with E-state index in [1.54, 1.807) is 0 Å². The smallest absolute Gasteiger partial charge is 0.314 e. The molecule has 1 atom stereocenters. The summed E-state index contributed by atoms with van der Waals surface area (Å²) < 4.78 is 0. The lowest BCUT2D eigenvalue weighted by molar-refractivity contribution is 0.233. The van der Waals surface area contributed by atoms with Crippen molar-refractivity contribution in [3.05, 3.63) is 30.3 Å². The molecule has 2 rings (SSSR count). The maximum Gasteiger partial charge on any atom is 0.314 e. The van der Waals surface area contributed by atoms with Crippen LogP contribution in [-0.2, 0) is 0 Å². The standard InChI is InChI=1S/C14H21N3O2/c18-9-7-15-14(19)16-10-12-6-8-17(11-12)13-4-2-1-3-5-13/h1-5,12,18H,6-11H2,(H2,15,16,19). The van der Waals surface area contributed by atoms with Crippen LogP contribution in [0.4, 0.5) is 10.5 Å². The minimum atomic E-state index is -0.202. The highest BCUT2D eigenvalue weighted by Crippen LogP contribution is 2.22. The van der Waals surface area contributed by atoms with Gasteiger partial charge >= 0.3 is 6.03 Å². The molecule has 1 fully saturated rings. The van der Waals surface area contributed by atoms with Crippen LogP contribution in [0.25, 0.3) is 0 Å². The van der Waals surface area contributed by atoms with E-state index in [-0.39, 0.29) is 12.6 Å². The summed E-state index contributed by atoms with van der Waals surface area (Å²) in [6.07, 6.45) is 1.09. The number of aliphatic hydroxyl groups is 1. The zero-order valence-electron chi connectivity index (χ0n) is 11.0. The summed E-state index contributed by atoms with van der Waals surface area (Å²) in [4.78, 5) is 13.7. The van der Waals surface area contributed by atoms with Crippen molar-refractivity contribution < 1.29 is 9.90 Å². The fourth-order valence-corrected chi connectivity index (χ4v) is 2.34. The number of hydrogen-bond donors (Lipinski definition) is 3. The summed E-state index contributed by atoms with van der Waals surface area (Å²) >= 11 is 0. The number of nitrogens with zero attached hydrogens (tertiary/aromatic N) is 1. The fourth-order valence-electron chi connectivity index (χ4n) is 2.34. The van der Waals surface area contributed by atoms with Gasteiger partial charge in [0.2, 0.25) is 0 Å². The van der Waals surface area contributed by atoms with E-state index in [2.05, 4.69) is 27.7 Å². The number of nitrogens with one attached hydrogen (secondary N) is 2. The van der Waals surface area contributed by atoms with Crippen molar-refractivity contribution in [1.29, 1.82) is 0 Å². The second kappa shape index (κ2) is 6.99. The predicted molar refractivity (Wildman–Crippen MR) is 75.2 cm³/mol. The van der Waals surface area contributed by atoms with E-state index >= 15 is 0 Å². The second-order valence-corrected chi connectivity index (χ2v) is 4.80. The Kier molecular flexibility index (Phi) is 5.03. The van der Waals surface area contributed by atoms with Crippen molar-refractivity contribution in [3.63, 3.8) is 0 Å². The monoisotopic (exact) mass is 263 g/mol. The molecule has 1 aliphatic heterocycles. The first-order chi connectivity index (χ1) is 9.29. The lowest BCUT2D eigenvalue weighted by atomic mass is 10.1. The van der Waals surface area contributed by atoms with Crippen molar-refractivity contribution >= 4 is 11.7 Å². The number of anilines is 1. The highest BCUT2D eigenvalue weighted by Gasteiger charge is 2.22. The molecule has 0 radical (unpaired) electrons. The van der Waals surface area contributed by atoms with Crippen molar-refractivity contribution in [2.24, 2.45) is 5.92 Å². The maximum absolute atomic E-state index is 11.4. The number of aliphatic hydroxyl groups excluding tert-OH is 1. The van der Waals surface area contributed by atoms with E-state index in [0.717, 1.165) is 19.5 Å². The summed E-state index contributed by atoms with van der Waals surface area (Å²) in [5, 5.41) is 14.0. The van der Waals surface area contributed by atoms with Crippen LogP contribution in [0, 0.1) is 5.92 Å². The molecule has 1 unspecified atom stereocenters. The number of carbonyl (C=O) groups is 1. The third-order valence-corrected chi connectivity index (χ3v) is 3.36. The van der Waals surface area contributed by atoms with E-state index in [1.165, 1.54) is 5.69 Å². The molecule has 1 aromatic rings. The van der Waals surface area contributed by atoms with Crippen molar-refractivity contribution in [1.82, 2.24) is 10.6 Å². The molecule has 0 spiro atoms. The minimum Gasteiger partial charge on any atom is -0.395 e. The van der Waals surface area contributed by atoms with E-state index in [1.807, 2.05) is 18.2 Å². The first kappa shape index (κ1) is 13.7. The van der Waals surface area contributed by atoms with Gasteiger partial charge in [0, 0.05) is 31.9 Å². The first-order valence-electron chi connectivity index (χ1n) is 6.72. The van der Waals surface area contributed by atoms with E-state index in [0.29, 0.717) is 19.0 Å². The summed E-state index contributed by atoms with van der Waals surface area (Å²) in [7, 11) is 0. The van der Waals surface area contributed by atoms with Gasteiger partial charge in [-0.1, -0.05) is 18.2 Å². The summed E-state index contributed by atoms with van der Waals surface area (Å²) in [5.41, 5.74) is 1.25. The molecule has 0 aliphatic carbocycles. The van der Waals surface area contributed by atoms with Gasteiger partial charge in [0.25, 0.3) is 0 Å². The van der Waals surface area contributed by atoms with Crippen LogP contribution in [0.1, 0.15) is 6.42 Å². The molecule has 104 valence electrons. The van der Waals surface area contributed by atoms with E-state index < -0.39 is 0 Å². The summed E-state index contributed by atoms with van der Waals surface area (Å²) in [6.45, 7) is 2.96. The van der Waals surface area contributed by atoms with Gasteiger partial charge in [-0.3, -0.25) is 0 Å². The van der Waals surface area contributed by atoms with Crippen molar-refractivity contribution in [3.8, 4) is 0 Å². The predicted octanol–water partition coefficient (Wildman–Crippen LogP) is 0.804. The molecule has 0 saturated carbocycles. The van der Waals surface area contributed by atoms with E-state index in [4.69, 9.17) is 5.11 Å². The molecular formula is C14H21N3O2. The molecule has 5 heteroatoms. The third kappa shape index (κ3) is 4.13. The number of para-hydroxylation sites is 1. The Morgan fingerprint density at radius 3 is 2.84 bits per heavy atom. The fraction of sp³-hybridized carbons (Fsp3) is 0.500. The van der Waals surface area contributed by atoms with Crippen LogP contribution in [0.2, 0.25) is 0 Å². The molecule has 1 saturated heterocycles. The van der Waals surface area contributed by atoms with Gasteiger partial charge in [0.05, 0.1) is 6.61 Å². The minimum absolute atomic E-state index is 0.0291. The molecule has 1 aromatic carbocycles. The largest absolute Gasteiger partial charge is 0.395 e. The van der Waals surface area contributed by atoms with Crippen LogP contribution >= 0.6 is 0 Å². The molecule has 5 nitrogen and oxygen atoms in total. The third-order valence-electron chi connectivity index (χ3n) is 3.36. The first-order valence-corrected chi connectivity index (χ1v) is 6.72. The topological polar surface area (TPSA) is 64.6 Å². The Bertz CT molecular complexity index is 397. The molecule has 0 aromatic heterocycles. The van der Waals surface area contributed by atoms with Gasteiger partial charge in [-0.25, -0.2) is 4.79 Å². The number of urea groups is 1. The Labute approximate surface area is 113 Å². The summed E-state index contributed by atoms with van der Waals surface area (Å²) in [6, 6.07) is 10.1. The lowest BCUT2D eigenvalue weighted by Gasteiger charge is -2.18. The number of amides is 2. The quantitative estimate of drug-likeness (QED) is 0.736. The highest BCUT2D eigenvalue weighted by molar-refractivity contribution is 5.73. The summed E-state index contributed by atoms with van der Waals surface area (Å²) in [5.74, 6) is 0.486.